The first-order valence-corrected chi connectivity index (χ1v) is 11.1. The van der Waals surface area contributed by atoms with Crippen LogP contribution in [0.25, 0.3) is 0 Å². The number of hydrogen-bond acceptors (Lipinski definition) is 7. The number of halogens is 1. The zero-order valence-corrected chi connectivity index (χ0v) is 19.3. The normalized spacial score (nSPS) is 19.7. The van der Waals surface area contributed by atoms with Crippen molar-refractivity contribution < 1.29 is 23.8 Å². The summed E-state index contributed by atoms with van der Waals surface area (Å²) in [7, 11) is 0. The number of nitrogens with one attached hydrogen (secondary N) is 1. The van der Waals surface area contributed by atoms with Crippen LogP contribution in [-0.2, 0) is 14.2 Å². The number of hydrogen-bond donors (Lipinski definition) is 1. The van der Waals surface area contributed by atoms with Crippen LogP contribution in [0.2, 0.25) is 0 Å². The first-order valence-electron chi connectivity index (χ1n) is 10.1. The lowest BCUT2D eigenvalue weighted by Gasteiger charge is -2.19. The maximum Gasteiger partial charge on any atom is 0.338 e. The number of aromatic amines is 1. The summed E-state index contributed by atoms with van der Waals surface area (Å²) in [6.07, 6.45) is -0.916. The van der Waals surface area contributed by atoms with E-state index in [1.165, 1.54) is 10.8 Å². The van der Waals surface area contributed by atoms with Gasteiger partial charge in [-0.05, 0) is 46.9 Å². The lowest BCUT2D eigenvalue weighted by atomic mass is 10.1. The van der Waals surface area contributed by atoms with Gasteiger partial charge in [-0.1, -0.05) is 36.4 Å². The third-order valence-electron chi connectivity index (χ3n) is 5.07. The molecular weight excluding hydrogens is 543 g/mol. The van der Waals surface area contributed by atoms with Crippen LogP contribution in [0, 0.1) is 3.57 Å². The maximum absolute atomic E-state index is 12.6. The Bertz CT molecular complexity index is 1260. The van der Waals surface area contributed by atoms with Gasteiger partial charge in [-0.15, -0.1) is 0 Å². The fraction of sp³-hybridized carbons (Fsp3) is 0.217. The van der Waals surface area contributed by atoms with Gasteiger partial charge >= 0.3 is 17.6 Å². The molecule has 2 aromatic carbocycles. The Morgan fingerprint density at radius 2 is 1.61 bits per heavy atom. The number of nitrogens with zero attached hydrogens (tertiary/aromatic N) is 1. The Labute approximate surface area is 201 Å². The first kappa shape index (κ1) is 22.9. The molecule has 9 nitrogen and oxygen atoms in total. The van der Waals surface area contributed by atoms with Crippen molar-refractivity contribution in [3.8, 4) is 0 Å². The van der Waals surface area contributed by atoms with E-state index in [1.54, 1.807) is 60.7 Å². The average molecular weight is 562 g/mol. The smallest absolute Gasteiger partial charge is 0.338 e. The molecule has 170 valence electrons. The Balaban J connectivity index is 1.53. The second kappa shape index (κ2) is 10.1. The molecule has 3 atom stereocenters. The number of H-pyrrole nitrogens is 1. The molecule has 0 spiro atoms. The van der Waals surface area contributed by atoms with Crippen LogP contribution in [0.1, 0.15) is 33.4 Å². The molecule has 2 heterocycles. The summed E-state index contributed by atoms with van der Waals surface area (Å²) >= 11 is 1.81. The number of esters is 2. The summed E-state index contributed by atoms with van der Waals surface area (Å²) in [5.41, 5.74) is -0.427. The third kappa shape index (κ3) is 5.40. The van der Waals surface area contributed by atoms with Crippen LogP contribution in [0.15, 0.2) is 76.4 Å². The lowest BCUT2D eigenvalue weighted by Crippen LogP contribution is -2.34. The molecule has 0 bridgehead atoms. The van der Waals surface area contributed by atoms with Crippen molar-refractivity contribution in [2.45, 2.75) is 24.9 Å². The zero-order chi connectivity index (χ0) is 23.4. The van der Waals surface area contributed by atoms with E-state index in [0.717, 1.165) is 0 Å². The fourth-order valence-electron chi connectivity index (χ4n) is 3.42. The largest absolute Gasteiger partial charge is 0.459 e. The van der Waals surface area contributed by atoms with Gasteiger partial charge in [0.15, 0.2) is 0 Å². The summed E-state index contributed by atoms with van der Waals surface area (Å²) < 4.78 is 18.5. The second-order valence-corrected chi connectivity index (χ2v) is 8.44. The van der Waals surface area contributed by atoms with Crippen LogP contribution >= 0.6 is 22.6 Å². The molecule has 0 aliphatic carbocycles. The number of rotatable bonds is 6. The molecule has 33 heavy (non-hydrogen) atoms. The molecular formula is C23H19IN2O7. The molecule has 1 N–H and O–H groups in total. The highest BCUT2D eigenvalue weighted by molar-refractivity contribution is 14.1. The Morgan fingerprint density at radius 3 is 2.24 bits per heavy atom. The number of carbonyl (C=O) groups is 2. The van der Waals surface area contributed by atoms with Crippen LogP contribution < -0.4 is 11.2 Å². The molecule has 0 amide bonds. The van der Waals surface area contributed by atoms with Crippen LogP contribution in [0.4, 0.5) is 0 Å². The van der Waals surface area contributed by atoms with Gasteiger partial charge in [0.05, 0.1) is 14.7 Å². The minimum absolute atomic E-state index is 0.133. The topological polar surface area (TPSA) is 117 Å². The zero-order valence-electron chi connectivity index (χ0n) is 17.2. The minimum Gasteiger partial charge on any atom is -0.459 e. The van der Waals surface area contributed by atoms with Gasteiger partial charge in [-0.3, -0.25) is 14.3 Å². The van der Waals surface area contributed by atoms with Gasteiger partial charge in [0, 0.05) is 12.6 Å². The van der Waals surface area contributed by atoms with Gasteiger partial charge < -0.3 is 14.2 Å². The highest BCUT2D eigenvalue weighted by atomic mass is 127. The number of aromatic nitrogens is 2. The highest BCUT2D eigenvalue weighted by Crippen LogP contribution is 2.31. The van der Waals surface area contributed by atoms with Crippen molar-refractivity contribution in [2.75, 3.05) is 6.61 Å². The standard InChI is InChI=1S/C23H19IN2O7/c24-16-12-26(23(30)25-20(16)27)19-11-17(33-22(29)15-9-5-2-6-10-15)18(32-19)13-31-21(28)14-7-3-1-4-8-14/h1-10,12,17-19H,11,13H2,(H,25,27,30)/t17?,18-,19-/m0/s1. The molecule has 3 aromatic rings. The lowest BCUT2D eigenvalue weighted by molar-refractivity contribution is -0.0583. The fourth-order valence-corrected chi connectivity index (χ4v) is 3.85. The van der Waals surface area contributed by atoms with Crippen LogP contribution in [0.5, 0.6) is 0 Å². The molecule has 1 unspecified atom stereocenters. The van der Waals surface area contributed by atoms with E-state index >= 15 is 0 Å². The summed E-state index contributed by atoms with van der Waals surface area (Å²) in [4.78, 5) is 51.2. The Kier molecular flexibility index (Phi) is 7.04. The third-order valence-corrected chi connectivity index (χ3v) is 5.84. The molecule has 1 saturated heterocycles. The summed E-state index contributed by atoms with van der Waals surface area (Å²) in [5.74, 6) is -1.11. The molecule has 0 radical (unpaired) electrons. The van der Waals surface area contributed by atoms with Crippen molar-refractivity contribution in [2.24, 2.45) is 0 Å². The quantitative estimate of drug-likeness (QED) is 0.363. The number of ether oxygens (including phenoxy) is 3. The average Bonchev–Trinajstić information content (AvgIpc) is 3.23. The van der Waals surface area contributed by atoms with Crippen molar-refractivity contribution in [3.63, 3.8) is 0 Å². The predicted molar refractivity (Wildman–Crippen MR) is 125 cm³/mol. The second-order valence-electron chi connectivity index (χ2n) is 7.28. The highest BCUT2D eigenvalue weighted by Gasteiger charge is 2.40. The molecule has 1 aliphatic heterocycles. The van der Waals surface area contributed by atoms with Gasteiger partial charge in [0.1, 0.15) is 25.0 Å². The van der Waals surface area contributed by atoms with E-state index in [1.807, 2.05) is 22.6 Å². The number of carbonyl (C=O) groups excluding carboxylic acids is 2. The first-order chi connectivity index (χ1) is 15.9. The molecule has 1 aromatic heterocycles. The summed E-state index contributed by atoms with van der Waals surface area (Å²) in [6.45, 7) is -0.188. The van der Waals surface area contributed by atoms with E-state index in [9.17, 15) is 19.2 Å². The molecule has 1 aliphatic rings. The predicted octanol–water partition coefficient (Wildman–Crippen LogP) is 2.51. The molecule has 10 heteroatoms. The summed E-state index contributed by atoms with van der Waals surface area (Å²) in [5, 5.41) is 0. The maximum atomic E-state index is 12.6. The monoisotopic (exact) mass is 562 g/mol. The van der Waals surface area contributed by atoms with Gasteiger partial charge in [0.2, 0.25) is 0 Å². The van der Waals surface area contributed by atoms with E-state index < -0.39 is 41.6 Å². The summed E-state index contributed by atoms with van der Waals surface area (Å²) in [6, 6.07) is 16.9. The SMILES string of the molecule is O=C(OC[C@@H]1O[C@H](n2cc(I)c(=O)[nH]c2=O)CC1OC(=O)c1ccccc1)c1ccccc1. The number of benzene rings is 2. The van der Waals surface area contributed by atoms with Crippen LogP contribution in [0.3, 0.4) is 0 Å². The van der Waals surface area contributed by atoms with E-state index in [2.05, 4.69) is 4.98 Å². The molecule has 1 fully saturated rings. The minimum atomic E-state index is -0.822. The van der Waals surface area contributed by atoms with Crippen molar-refractivity contribution in [1.82, 2.24) is 9.55 Å². The van der Waals surface area contributed by atoms with Gasteiger partial charge in [0.25, 0.3) is 5.56 Å². The van der Waals surface area contributed by atoms with Crippen LogP contribution in [-0.4, -0.2) is 40.3 Å². The van der Waals surface area contributed by atoms with Crippen molar-refractivity contribution in [3.05, 3.63) is 102 Å². The van der Waals surface area contributed by atoms with E-state index in [0.29, 0.717) is 14.7 Å². The molecule has 0 saturated carbocycles. The van der Waals surface area contributed by atoms with Crippen molar-refractivity contribution >= 4 is 34.5 Å². The van der Waals surface area contributed by atoms with Gasteiger partial charge in [-0.25, -0.2) is 14.4 Å². The van der Waals surface area contributed by atoms with Gasteiger partial charge in [-0.2, -0.15) is 0 Å². The van der Waals surface area contributed by atoms with E-state index in [4.69, 9.17) is 14.2 Å². The molecule has 4 rings (SSSR count). The Hall–Kier alpha value is -3.25. The van der Waals surface area contributed by atoms with Crippen molar-refractivity contribution in [1.29, 1.82) is 0 Å². The van der Waals surface area contributed by atoms with E-state index in [-0.39, 0.29) is 13.0 Å². The Morgan fingerprint density at radius 1 is 1.00 bits per heavy atom.